The highest BCUT2D eigenvalue weighted by Crippen LogP contribution is 2.28. The van der Waals surface area contributed by atoms with Crippen LogP contribution in [0.1, 0.15) is 52.0 Å². The van der Waals surface area contributed by atoms with Crippen molar-refractivity contribution in [2.75, 3.05) is 4.72 Å². The van der Waals surface area contributed by atoms with E-state index in [0.29, 0.717) is 5.69 Å². The lowest BCUT2D eigenvalue weighted by Crippen LogP contribution is -2.27. The molecule has 0 saturated carbocycles. The van der Waals surface area contributed by atoms with Gasteiger partial charge in [0.15, 0.2) is 0 Å². The Labute approximate surface area is 193 Å². The van der Waals surface area contributed by atoms with Crippen molar-refractivity contribution in [2.45, 2.75) is 44.0 Å². The van der Waals surface area contributed by atoms with Crippen molar-refractivity contribution in [3.63, 3.8) is 0 Å². The average Bonchev–Trinajstić information content (AvgIpc) is 3.23. The number of carbonyl (C=O) groups excluding carboxylic acids is 1. The van der Waals surface area contributed by atoms with E-state index in [2.05, 4.69) is 22.2 Å². The smallest absolute Gasteiger partial charge is 0.263 e. The number of anilines is 1. The van der Waals surface area contributed by atoms with E-state index in [0.717, 1.165) is 30.4 Å². The van der Waals surface area contributed by atoms with Crippen LogP contribution in [0.15, 0.2) is 65.6 Å². The van der Waals surface area contributed by atoms with Crippen molar-refractivity contribution >= 4 is 33.2 Å². The van der Waals surface area contributed by atoms with Gasteiger partial charge in [0, 0.05) is 5.56 Å². The molecule has 3 aromatic rings. The predicted octanol–water partition coefficient (Wildman–Crippen LogP) is 5.43. The van der Waals surface area contributed by atoms with E-state index >= 15 is 0 Å². The lowest BCUT2D eigenvalue weighted by molar-refractivity contribution is 0.0939. The minimum atomic E-state index is -3.97. The van der Waals surface area contributed by atoms with Gasteiger partial charge in [0.05, 0.1) is 16.8 Å². The molecule has 0 unspecified atom stereocenters. The maximum Gasteiger partial charge on any atom is 0.263 e. The Balaban J connectivity index is 1.55. The molecule has 0 heterocycles. The summed E-state index contributed by atoms with van der Waals surface area (Å²) >= 11 is 6.20. The summed E-state index contributed by atoms with van der Waals surface area (Å²) in [6.07, 6.45) is 3.34. The molecular formula is C25H25ClN2O3S. The van der Waals surface area contributed by atoms with Crippen LogP contribution in [0.5, 0.6) is 0 Å². The number of hydrogen-bond donors (Lipinski definition) is 2. The minimum absolute atomic E-state index is 0.0503. The third kappa shape index (κ3) is 4.66. The van der Waals surface area contributed by atoms with E-state index in [1.165, 1.54) is 29.3 Å². The average molecular weight is 469 g/mol. The summed E-state index contributed by atoms with van der Waals surface area (Å²) in [6, 6.07) is 17.4. The number of rotatable bonds is 6. The van der Waals surface area contributed by atoms with Crippen molar-refractivity contribution in [2.24, 2.45) is 0 Å². The van der Waals surface area contributed by atoms with Gasteiger partial charge in [0.1, 0.15) is 4.90 Å². The molecule has 0 spiro atoms. The molecule has 1 aliphatic rings. The Hall–Kier alpha value is -2.83. The van der Waals surface area contributed by atoms with Gasteiger partial charge < -0.3 is 5.32 Å². The van der Waals surface area contributed by atoms with Crippen LogP contribution in [0.3, 0.4) is 0 Å². The van der Waals surface area contributed by atoms with Crippen LogP contribution in [0, 0.1) is 6.92 Å². The number of aryl methyl sites for hydroxylation is 3. The normalized spacial score (nSPS) is 14.0. The molecule has 1 amide bonds. The van der Waals surface area contributed by atoms with Gasteiger partial charge in [-0.15, -0.1) is 0 Å². The fraction of sp³-hybridized carbons (Fsp3) is 0.240. The second-order valence-corrected chi connectivity index (χ2v) is 10.2. The molecule has 166 valence electrons. The second kappa shape index (κ2) is 8.96. The van der Waals surface area contributed by atoms with Crippen LogP contribution in [-0.4, -0.2) is 14.3 Å². The summed E-state index contributed by atoms with van der Waals surface area (Å²) in [4.78, 5) is 12.8. The number of para-hydroxylation sites is 1. The molecule has 0 radical (unpaired) electrons. The number of hydrogen-bond acceptors (Lipinski definition) is 3. The molecule has 4 rings (SSSR count). The van der Waals surface area contributed by atoms with Gasteiger partial charge >= 0.3 is 0 Å². The Morgan fingerprint density at radius 3 is 2.53 bits per heavy atom. The fourth-order valence-corrected chi connectivity index (χ4v) is 5.62. The minimum Gasteiger partial charge on any atom is -0.346 e. The number of sulfonamides is 1. The second-order valence-electron chi connectivity index (χ2n) is 8.14. The summed E-state index contributed by atoms with van der Waals surface area (Å²) < 4.78 is 28.5. The van der Waals surface area contributed by atoms with Crippen molar-refractivity contribution in [3.05, 3.63) is 93.5 Å². The molecule has 0 bridgehead atoms. The van der Waals surface area contributed by atoms with Crippen LogP contribution in [-0.2, 0) is 22.9 Å². The van der Waals surface area contributed by atoms with Crippen molar-refractivity contribution in [3.8, 4) is 0 Å². The third-order valence-corrected chi connectivity index (χ3v) is 7.69. The van der Waals surface area contributed by atoms with E-state index in [1.54, 1.807) is 12.1 Å². The van der Waals surface area contributed by atoms with Gasteiger partial charge in [0.2, 0.25) is 0 Å². The van der Waals surface area contributed by atoms with Crippen LogP contribution in [0.2, 0.25) is 5.02 Å². The Kier molecular flexibility index (Phi) is 6.26. The third-order valence-electron chi connectivity index (χ3n) is 5.84. The van der Waals surface area contributed by atoms with Crippen molar-refractivity contribution in [1.29, 1.82) is 0 Å². The SMILES string of the molecule is Cc1ccccc1NS(=O)(=O)c1cc(C(=O)N[C@H](C)c2ccc3c(c2)CCC3)ccc1Cl. The molecule has 2 N–H and O–H groups in total. The number of nitrogens with one attached hydrogen (secondary N) is 2. The van der Waals surface area contributed by atoms with E-state index in [4.69, 9.17) is 11.6 Å². The monoisotopic (exact) mass is 468 g/mol. The maximum atomic E-state index is 13.0. The zero-order valence-corrected chi connectivity index (χ0v) is 19.6. The van der Waals surface area contributed by atoms with Gasteiger partial charge in [-0.3, -0.25) is 9.52 Å². The zero-order chi connectivity index (χ0) is 22.9. The fourth-order valence-electron chi connectivity index (χ4n) is 3.96. The molecule has 1 aliphatic carbocycles. The zero-order valence-electron chi connectivity index (χ0n) is 18.0. The number of carbonyl (C=O) groups is 1. The molecule has 32 heavy (non-hydrogen) atoms. The van der Waals surface area contributed by atoms with Crippen LogP contribution >= 0.6 is 11.6 Å². The highest BCUT2D eigenvalue weighted by atomic mass is 35.5. The molecule has 0 aliphatic heterocycles. The molecule has 0 saturated heterocycles. The Morgan fingerprint density at radius 1 is 1.00 bits per heavy atom. The van der Waals surface area contributed by atoms with Gasteiger partial charge in [-0.2, -0.15) is 0 Å². The number of benzene rings is 3. The topological polar surface area (TPSA) is 75.3 Å². The first-order valence-corrected chi connectivity index (χ1v) is 12.4. The standard InChI is InChI=1S/C25H25ClN2O3S/c1-16-6-3-4-9-23(16)28-32(30,31)24-15-21(12-13-22(24)26)25(29)27-17(2)19-11-10-18-7-5-8-20(18)14-19/h3-4,6,9-15,17,28H,5,7-8H2,1-2H3,(H,27,29)/t17-/m1/s1. The first-order valence-electron chi connectivity index (χ1n) is 10.5. The quantitative estimate of drug-likeness (QED) is 0.506. The summed E-state index contributed by atoms with van der Waals surface area (Å²) in [5, 5.41) is 3.01. The largest absolute Gasteiger partial charge is 0.346 e. The molecule has 1 atom stereocenters. The lowest BCUT2D eigenvalue weighted by atomic mass is 10.0. The highest BCUT2D eigenvalue weighted by Gasteiger charge is 2.22. The van der Waals surface area contributed by atoms with Crippen LogP contribution < -0.4 is 10.0 Å². The summed E-state index contributed by atoms with van der Waals surface area (Å²) in [7, 11) is -3.97. The first-order chi connectivity index (χ1) is 15.2. The molecule has 5 nitrogen and oxygen atoms in total. The molecule has 0 fully saturated rings. The van der Waals surface area contributed by atoms with Gasteiger partial charge in [-0.25, -0.2) is 8.42 Å². The summed E-state index contributed by atoms with van der Waals surface area (Å²) in [5.41, 5.74) is 5.22. The van der Waals surface area contributed by atoms with E-state index in [-0.39, 0.29) is 27.4 Å². The Morgan fingerprint density at radius 2 is 1.75 bits per heavy atom. The first kappa shape index (κ1) is 22.4. The molecule has 3 aromatic carbocycles. The van der Waals surface area contributed by atoms with Crippen LogP contribution in [0.25, 0.3) is 0 Å². The van der Waals surface area contributed by atoms with Gasteiger partial charge in [-0.1, -0.05) is 48.0 Å². The molecule has 7 heteroatoms. The van der Waals surface area contributed by atoms with Gasteiger partial charge in [-0.05, 0) is 79.6 Å². The highest BCUT2D eigenvalue weighted by molar-refractivity contribution is 7.92. The lowest BCUT2D eigenvalue weighted by Gasteiger charge is -2.17. The number of amides is 1. The van der Waals surface area contributed by atoms with Crippen molar-refractivity contribution < 1.29 is 13.2 Å². The molecule has 0 aromatic heterocycles. The van der Waals surface area contributed by atoms with E-state index in [9.17, 15) is 13.2 Å². The predicted molar refractivity (Wildman–Crippen MR) is 128 cm³/mol. The maximum absolute atomic E-state index is 13.0. The number of halogens is 1. The summed E-state index contributed by atoms with van der Waals surface area (Å²) in [5.74, 6) is -0.359. The van der Waals surface area contributed by atoms with Gasteiger partial charge in [0.25, 0.3) is 15.9 Å². The van der Waals surface area contributed by atoms with E-state index < -0.39 is 10.0 Å². The summed E-state index contributed by atoms with van der Waals surface area (Å²) in [6.45, 7) is 3.73. The van der Waals surface area contributed by atoms with E-state index in [1.807, 2.05) is 32.0 Å². The number of fused-ring (bicyclic) bond motifs is 1. The molecular weight excluding hydrogens is 444 g/mol. The van der Waals surface area contributed by atoms with Crippen LogP contribution in [0.4, 0.5) is 5.69 Å². The Bertz CT molecular complexity index is 1290. The van der Waals surface area contributed by atoms with Crippen molar-refractivity contribution in [1.82, 2.24) is 5.32 Å².